The molecule has 0 radical (unpaired) electrons. The minimum Gasteiger partial charge on any atom is -0.230 e. The lowest BCUT2D eigenvalue weighted by atomic mass is 10.1. The Morgan fingerprint density at radius 1 is 0.926 bits per heavy atom. The van der Waals surface area contributed by atoms with E-state index in [1.54, 1.807) is 23.5 Å². The van der Waals surface area contributed by atoms with E-state index >= 15 is 0 Å². The number of nitriles is 1. The van der Waals surface area contributed by atoms with Crippen LogP contribution < -0.4 is 0 Å². The summed E-state index contributed by atoms with van der Waals surface area (Å²) < 4.78 is 0. The Hall–Kier alpha value is -1.51. The number of benzene rings is 1. The largest absolute Gasteiger partial charge is 0.230 e. The molecule has 0 aliphatic rings. The molecule has 0 saturated heterocycles. The molecule has 0 N–H and O–H groups in total. The Kier molecular flexibility index (Phi) is 10.3. The highest BCUT2D eigenvalue weighted by Gasteiger charge is 2.05. The van der Waals surface area contributed by atoms with Crippen LogP contribution in [0.5, 0.6) is 0 Å². The van der Waals surface area contributed by atoms with E-state index < -0.39 is 0 Å². The first-order valence-corrected chi connectivity index (χ1v) is 11.7. The van der Waals surface area contributed by atoms with Gasteiger partial charge in [-0.1, -0.05) is 69.3 Å². The van der Waals surface area contributed by atoms with Crippen LogP contribution in [0.25, 0.3) is 11.1 Å². The third-order valence-corrected chi connectivity index (χ3v) is 6.25. The van der Waals surface area contributed by atoms with Gasteiger partial charge >= 0.3 is 0 Å². The van der Waals surface area contributed by atoms with Gasteiger partial charge < -0.3 is 0 Å². The van der Waals surface area contributed by atoms with Crippen molar-refractivity contribution in [3.63, 3.8) is 0 Å². The lowest BCUT2D eigenvalue weighted by Crippen LogP contribution is -1.91. The van der Waals surface area contributed by atoms with Gasteiger partial charge in [-0.15, -0.1) is 11.8 Å². The summed E-state index contributed by atoms with van der Waals surface area (Å²) >= 11 is 3.32. The molecule has 144 valence electrons. The summed E-state index contributed by atoms with van der Waals surface area (Å²) in [6.45, 7) is 4.17. The van der Waals surface area contributed by atoms with Gasteiger partial charge in [-0.25, -0.2) is 9.97 Å². The fourth-order valence-corrected chi connectivity index (χ4v) is 4.26. The molecular formula is C22H29N3S2. The van der Waals surface area contributed by atoms with E-state index in [0.29, 0.717) is 0 Å². The Morgan fingerprint density at radius 2 is 1.56 bits per heavy atom. The Labute approximate surface area is 172 Å². The lowest BCUT2D eigenvalue weighted by Gasteiger charge is -2.06. The van der Waals surface area contributed by atoms with Crippen LogP contribution in [0.2, 0.25) is 0 Å². The number of aromatic nitrogens is 2. The average molecular weight is 400 g/mol. The van der Waals surface area contributed by atoms with Crippen molar-refractivity contribution in [3.8, 4) is 17.2 Å². The molecule has 0 fully saturated rings. The molecule has 0 aliphatic carbocycles. The second kappa shape index (κ2) is 12.8. The molecule has 5 heteroatoms. The first-order chi connectivity index (χ1) is 13.2. The predicted octanol–water partition coefficient (Wildman–Crippen LogP) is 6.99. The molecule has 27 heavy (non-hydrogen) atoms. The molecule has 2 aromatic rings. The molecule has 0 saturated carbocycles. The smallest absolute Gasteiger partial charge is 0.187 e. The highest BCUT2D eigenvalue weighted by Crippen LogP contribution is 2.26. The van der Waals surface area contributed by atoms with Gasteiger partial charge in [-0.05, 0) is 31.0 Å². The zero-order chi connectivity index (χ0) is 19.3. The zero-order valence-corrected chi connectivity index (χ0v) is 18.0. The van der Waals surface area contributed by atoms with Crippen molar-refractivity contribution in [2.75, 3.05) is 5.75 Å². The summed E-state index contributed by atoms with van der Waals surface area (Å²) in [6, 6.07) is 10.5. The minimum absolute atomic E-state index is 0.0353. The van der Waals surface area contributed by atoms with Crippen molar-refractivity contribution in [3.05, 3.63) is 36.7 Å². The molecule has 1 atom stereocenters. The van der Waals surface area contributed by atoms with Crippen molar-refractivity contribution in [1.29, 1.82) is 5.26 Å². The number of nitrogens with zero attached hydrogens (tertiary/aromatic N) is 3. The van der Waals surface area contributed by atoms with Crippen molar-refractivity contribution in [2.24, 2.45) is 0 Å². The number of rotatable bonds is 12. The lowest BCUT2D eigenvalue weighted by molar-refractivity contribution is 0.603. The van der Waals surface area contributed by atoms with Crippen molar-refractivity contribution in [2.45, 2.75) is 74.1 Å². The molecule has 1 aromatic heterocycles. The summed E-state index contributed by atoms with van der Waals surface area (Å²) in [4.78, 5) is 10.1. The van der Waals surface area contributed by atoms with E-state index in [4.69, 9.17) is 5.26 Å². The summed E-state index contributed by atoms with van der Waals surface area (Å²) in [6.07, 6.45) is 13.1. The monoisotopic (exact) mass is 399 g/mol. The molecule has 3 nitrogen and oxygen atoms in total. The van der Waals surface area contributed by atoms with Crippen LogP contribution in [0, 0.1) is 11.3 Å². The van der Waals surface area contributed by atoms with Crippen molar-refractivity contribution >= 4 is 23.5 Å². The van der Waals surface area contributed by atoms with Crippen LogP contribution in [0.15, 0.2) is 46.7 Å². The average Bonchev–Trinajstić information content (AvgIpc) is 2.71. The Balaban J connectivity index is 1.74. The topological polar surface area (TPSA) is 49.6 Å². The first-order valence-electron chi connectivity index (χ1n) is 9.84. The van der Waals surface area contributed by atoms with Gasteiger partial charge in [0.05, 0.1) is 11.3 Å². The number of hydrogen-bond acceptors (Lipinski definition) is 5. The van der Waals surface area contributed by atoms with Gasteiger partial charge in [0.15, 0.2) is 5.16 Å². The molecule has 0 aliphatic heterocycles. The summed E-state index contributed by atoms with van der Waals surface area (Å²) in [5.74, 6) is 1.09. The van der Waals surface area contributed by atoms with Gasteiger partial charge in [-0.2, -0.15) is 5.26 Å². The van der Waals surface area contributed by atoms with Crippen LogP contribution in [0.1, 0.15) is 58.8 Å². The quantitative estimate of drug-likeness (QED) is 0.219. The van der Waals surface area contributed by atoms with Gasteiger partial charge in [0, 0.05) is 28.6 Å². The van der Waals surface area contributed by atoms with Gasteiger partial charge in [-0.3, -0.25) is 0 Å². The zero-order valence-electron chi connectivity index (χ0n) is 16.4. The second-order valence-electron chi connectivity index (χ2n) is 6.64. The van der Waals surface area contributed by atoms with Crippen LogP contribution in [-0.4, -0.2) is 21.0 Å². The standard InChI is InChI=1S/C22H29N3S2/c1-3-4-5-6-7-8-9-14-26-22-24-16-20(17-25-22)19-10-12-21(13-11-19)27-18(2)15-23/h10-13,16-18H,3-9,14H2,1-2H3/t18-/m1/s1. The number of thioether (sulfide) groups is 2. The number of unbranched alkanes of at least 4 members (excludes halogenated alkanes) is 6. The van der Waals surface area contributed by atoms with E-state index in [9.17, 15) is 0 Å². The Bertz CT molecular complexity index is 693. The summed E-state index contributed by atoms with van der Waals surface area (Å²) in [7, 11) is 0. The van der Waals surface area contributed by atoms with Crippen LogP contribution in [0.4, 0.5) is 0 Å². The van der Waals surface area contributed by atoms with Crippen molar-refractivity contribution in [1.82, 2.24) is 9.97 Å². The summed E-state index contributed by atoms with van der Waals surface area (Å²) in [5, 5.41) is 9.73. The number of hydrogen-bond donors (Lipinski definition) is 0. The molecule has 1 heterocycles. The minimum atomic E-state index is -0.0353. The molecule has 0 spiro atoms. The normalized spacial score (nSPS) is 11.9. The van der Waals surface area contributed by atoms with Crippen LogP contribution in [0.3, 0.4) is 0 Å². The van der Waals surface area contributed by atoms with Crippen LogP contribution >= 0.6 is 23.5 Å². The molecule has 2 rings (SSSR count). The Morgan fingerprint density at radius 3 is 2.19 bits per heavy atom. The molecule has 0 unspecified atom stereocenters. The van der Waals surface area contributed by atoms with E-state index in [2.05, 4.69) is 47.2 Å². The van der Waals surface area contributed by atoms with Gasteiger partial charge in [0.1, 0.15) is 0 Å². The second-order valence-corrected chi connectivity index (χ2v) is 9.11. The van der Waals surface area contributed by atoms with E-state index in [0.717, 1.165) is 26.9 Å². The van der Waals surface area contributed by atoms with Gasteiger partial charge in [0.2, 0.25) is 0 Å². The predicted molar refractivity (Wildman–Crippen MR) is 117 cm³/mol. The molecular weight excluding hydrogens is 370 g/mol. The third-order valence-electron chi connectivity index (χ3n) is 4.29. The molecule has 0 bridgehead atoms. The SMILES string of the molecule is CCCCCCCCCSc1ncc(-c2ccc(S[C@H](C)C#N)cc2)cn1. The van der Waals surface area contributed by atoms with E-state index in [1.165, 1.54) is 44.9 Å². The van der Waals surface area contributed by atoms with E-state index in [-0.39, 0.29) is 5.25 Å². The maximum absolute atomic E-state index is 8.90. The van der Waals surface area contributed by atoms with Crippen molar-refractivity contribution < 1.29 is 0 Å². The third kappa shape index (κ3) is 8.36. The molecule has 1 aromatic carbocycles. The first kappa shape index (κ1) is 21.8. The maximum Gasteiger partial charge on any atom is 0.187 e. The maximum atomic E-state index is 8.90. The highest BCUT2D eigenvalue weighted by molar-refractivity contribution is 8.00. The fraction of sp³-hybridized carbons (Fsp3) is 0.500. The molecule has 0 amide bonds. The van der Waals surface area contributed by atoms with Crippen LogP contribution in [-0.2, 0) is 0 Å². The van der Waals surface area contributed by atoms with Gasteiger partial charge in [0.25, 0.3) is 0 Å². The summed E-state index contributed by atoms with van der Waals surface area (Å²) in [5.41, 5.74) is 2.13. The highest BCUT2D eigenvalue weighted by atomic mass is 32.2. The fourth-order valence-electron chi connectivity index (χ4n) is 2.72. The van der Waals surface area contributed by atoms with E-state index in [1.807, 2.05) is 19.3 Å².